The van der Waals surface area contributed by atoms with Crippen molar-refractivity contribution < 1.29 is 61.6 Å². The topological polar surface area (TPSA) is 110 Å². The van der Waals surface area contributed by atoms with E-state index >= 15 is 0 Å². The molecule has 0 fully saturated rings. The molecule has 0 amide bonds. The molecular weight excluding hydrogens is 816 g/mol. The second kappa shape index (κ2) is 45.7. The summed E-state index contributed by atoms with van der Waals surface area (Å²) in [5.74, 6) is -1.86. The van der Waals surface area contributed by atoms with Gasteiger partial charge in [0.05, 0.1) is 29.2 Å². The molecule has 0 N–H and O–H groups in total. The van der Waals surface area contributed by atoms with Crippen LogP contribution in [0.3, 0.4) is 0 Å². The van der Waals surface area contributed by atoms with Gasteiger partial charge in [0.15, 0.2) is 0 Å². The van der Waals surface area contributed by atoms with Crippen LogP contribution in [0.2, 0.25) is 0 Å². The van der Waals surface area contributed by atoms with Crippen molar-refractivity contribution in [1.29, 1.82) is 0 Å². The first-order valence-corrected chi connectivity index (χ1v) is 27.5. The van der Waals surface area contributed by atoms with Gasteiger partial charge in [-0.15, -0.1) is 0 Å². The molecule has 0 radical (unpaired) electrons. The zero-order valence-electron chi connectivity index (χ0n) is 41.1. The van der Waals surface area contributed by atoms with Crippen molar-refractivity contribution in [2.24, 2.45) is 0 Å². The van der Waals surface area contributed by atoms with Gasteiger partial charge >= 0.3 is 41.5 Å². The molecule has 1 aromatic carbocycles. The Hall–Kier alpha value is -1.45. The summed E-state index contributed by atoms with van der Waals surface area (Å²) >= 11 is 0. The van der Waals surface area contributed by atoms with E-state index in [0.29, 0.717) is 19.3 Å². The average Bonchev–Trinajstić information content (AvgIpc) is 3.26. The molecule has 0 atom stereocenters. The smallest absolute Gasteiger partial charge is 0.744 e. The Balaban J connectivity index is 0.0000384. The number of carbonyl (C=O) groups is 2. The number of esters is 2. The molecule has 0 saturated heterocycles. The molecule has 7 nitrogen and oxygen atoms in total. The minimum atomic E-state index is -5.04. The van der Waals surface area contributed by atoms with E-state index < -0.39 is 32.5 Å². The van der Waals surface area contributed by atoms with Gasteiger partial charge in [-0.1, -0.05) is 237 Å². The van der Waals surface area contributed by atoms with Gasteiger partial charge in [0.1, 0.15) is 10.1 Å². The van der Waals surface area contributed by atoms with Gasteiger partial charge in [-0.3, -0.25) is 0 Å². The molecule has 1 rings (SSSR count). The number of ether oxygens (including phenoxy) is 2. The van der Waals surface area contributed by atoms with Crippen molar-refractivity contribution in [3.05, 3.63) is 53.6 Å². The Morgan fingerprint density at radius 1 is 0.444 bits per heavy atom. The molecule has 0 aromatic heterocycles. The molecule has 0 aliphatic carbocycles. The summed E-state index contributed by atoms with van der Waals surface area (Å²) in [6.07, 6.45) is 56.6. The maximum absolute atomic E-state index is 13.1. The van der Waals surface area contributed by atoms with E-state index in [2.05, 4.69) is 38.2 Å². The van der Waals surface area contributed by atoms with Crippen LogP contribution in [0, 0.1) is 0 Å². The summed E-state index contributed by atoms with van der Waals surface area (Å²) in [6.45, 7) is 4.69. The van der Waals surface area contributed by atoms with Crippen molar-refractivity contribution in [1.82, 2.24) is 0 Å². The molecule has 0 aliphatic rings. The Morgan fingerprint density at radius 2 is 0.730 bits per heavy atom. The SMILES string of the molecule is CCCCCCCCCCCCCCCCCC/C=C/CCCOC(=O)c1cccc(S(=O)(=O)[O-])c1C(=O)OCCC/C=C/CCCCCCCCCCCCCCCCCC.[Na+]. The minimum absolute atomic E-state index is 0. The predicted octanol–water partition coefficient (Wildman–Crippen LogP) is 13.9. The van der Waals surface area contributed by atoms with Crippen LogP contribution in [0.25, 0.3) is 0 Å². The summed E-state index contributed by atoms with van der Waals surface area (Å²) in [5, 5.41) is 0. The van der Waals surface area contributed by atoms with Crippen LogP contribution in [0.15, 0.2) is 47.4 Å². The van der Waals surface area contributed by atoms with Crippen LogP contribution in [0.1, 0.15) is 279 Å². The zero-order valence-corrected chi connectivity index (χ0v) is 43.9. The number of hydrogen-bond acceptors (Lipinski definition) is 7. The standard InChI is InChI=1S/C54H94O7S.Na/c1-3-5-7-9-11-13-15-17-19-21-23-25-27-29-31-33-35-37-39-41-43-48-60-53(55)50-46-45-47-51(62(57,58)59)52(50)54(56)61-49-44-42-40-38-36-34-32-30-28-26-24-22-20-18-16-14-12-10-8-6-4-2;/h37-40,45-47H,3-36,41-44,48-49H2,1-2H3,(H,57,58,59);/q;+1/p-1/b39-37+,40-38+;. The summed E-state index contributed by atoms with van der Waals surface area (Å²) < 4.78 is 46.8. The fraction of sp³-hybridized carbons (Fsp3) is 0.778. The fourth-order valence-corrected chi connectivity index (χ4v) is 8.78. The minimum Gasteiger partial charge on any atom is -0.744 e. The number of unbranched alkanes of at least 4 members (excludes halogenated alkanes) is 34. The molecule has 0 heterocycles. The molecule has 358 valence electrons. The van der Waals surface area contributed by atoms with Crippen molar-refractivity contribution in [3.8, 4) is 0 Å². The van der Waals surface area contributed by atoms with Crippen molar-refractivity contribution >= 4 is 22.1 Å². The molecule has 1 aromatic rings. The molecular formula is C54H93NaO7S. The number of carbonyl (C=O) groups excluding carboxylic acids is 2. The maximum atomic E-state index is 13.1. The number of benzene rings is 1. The Bertz CT molecular complexity index is 1380. The van der Waals surface area contributed by atoms with Gasteiger partial charge in [0, 0.05) is 0 Å². The molecule has 9 heteroatoms. The quantitative estimate of drug-likeness (QED) is 0.0211. The van der Waals surface area contributed by atoms with E-state index in [1.165, 1.54) is 218 Å². The normalized spacial score (nSPS) is 11.7. The molecule has 0 spiro atoms. The number of rotatable bonds is 45. The van der Waals surface area contributed by atoms with Gasteiger partial charge in [0.2, 0.25) is 0 Å². The van der Waals surface area contributed by atoms with Gasteiger partial charge in [0.25, 0.3) is 0 Å². The predicted molar refractivity (Wildman–Crippen MR) is 260 cm³/mol. The van der Waals surface area contributed by atoms with Crippen LogP contribution in [0.4, 0.5) is 0 Å². The van der Waals surface area contributed by atoms with Gasteiger partial charge in [-0.2, -0.15) is 0 Å². The Labute approximate surface area is 410 Å². The Morgan fingerprint density at radius 3 is 1.05 bits per heavy atom. The van der Waals surface area contributed by atoms with E-state index in [4.69, 9.17) is 9.47 Å². The summed E-state index contributed by atoms with van der Waals surface area (Å²) in [4.78, 5) is 25.3. The summed E-state index contributed by atoms with van der Waals surface area (Å²) in [6, 6.07) is 3.60. The van der Waals surface area contributed by atoms with Crippen LogP contribution >= 0.6 is 0 Å². The third kappa shape index (κ3) is 37.3. The molecule has 0 unspecified atom stereocenters. The van der Waals surface area contributed by atoms with Crippen LogP contribution in [-0.4, -0.2) is 38.1 Å². The van der Waals surface area contributed by atoms with E-state index in [0.717, 1.165) is 25.3 Å². The van der Waals surface area contributed by atoms with E-state index in [-0.39, 0.29) is 48.3 Å². The second-order valence-corrected chi connectivity index (χ2v) is 19.2. The van der Waals surface area contributed by atoms with Crippen LogP contribution in [-0.2, 0) is 19.6 Å². The molecule has 0 bridgehead atoms. The van der Waals surface area contributed by atoms with Gasteiger partial charge in [-0.25, -0.2) is 18.0 Å². The van der Waals surface area contributed by atoms with Gasteiger partial charge < -0.3 is 14.0 Å². The van der Waals surface area contributed by atoms with Crippen LogP contribution in [0.5, 0.6) is 0 Å². The van der Waals surface area contributed by atoms with E-state index in [1.807, 2.05) is 0 Å². The first-order valence-electron chi connectivity index (χ1n) is 26.1. The van der Waals surface area contributed by atoms with Crippen molar-refractivity contribution in [2.45, 2.75) is 263 Å². The van der Waals surface area contributed by atoms with Crippen LogP contribution < -0.4 is 29.6 Å². The third-order valence-corrected chi connectivity index (χ3v) is 12.9. The van der Waals surface area contributed by atoms with E-state index in [1.54, 1.807) is 0 Å². The molecule has 0 saturated carbocycles. The Kier molecular flexibility index (Phi) is 44.6. The zero-order chi connectivity index (χ0) is 45.0. The average molecular weight is 909 g/mol. The van der Waals surface area contributed by atoms with E-state index in [9.17, 15) is 22.6 Å². The number of hydrogen-bond donors (Lipinski definition) is 0. The summed E-state index contributed by atoms with van der Waals surface area (Å²) in [7, 11) is -5.04. The largest absolute Gasteiger partial charge is 1.00 e. The maximum Gasteiger partial charge on any atom is 1.00 e. The monoisotopic (exact) mass is 909 g/mol. The van der Waals surface area contributed by atoms with Gasteiger partial charge in [-0.05, 0) is 63.5 Å². The third-order valence-electron chi connectivity index (χ3n) is 12.0. The van der Waals surface area contributed by atoms with Crippen molar-refractivity contribution in [3.63, 3.8) is 0 Å². The first kappa shape index (κ1) is 61.5. The second-order valence-electron chi connectivity index (χ2n) is 17.8. The molecule has 63 heavy (non-hydrogen) atoms. The molecule has 0 aliphatic heterocycles. The fourth-order valence-electron chi connectivity index (χ4n) is 8.09. The first-order chi connectivity index (χ1) is 30.3. The van der Waals surface area contributed by atoms with Crippen molar-refractivity contribution in [2.75, 3.05) is 13.2 Å². The number of allylic oxidation sites excluding steroid dienone is 4. The summed E-state index contributed by atoms with van der Waals surface area (Å²) in [5.41, 5.74) is -0.824.